The zero-order chi connectivity index (χ0) is 11.1. The lowest BCUT2D eigenvalue weighted by atomic mass is 10.1. The molecule has 15 heavy (non-hydrogen) atoms. The van der Waals surface area contributed by atoms with Gasteiger partial charge in [-0.15, -0.1) is 0 Å². The second-order valence-corrected chi connectivity index (χ2v) is 3.85. The molecular formula is C10H20N2O3. The standard InChI is InChI=1S/C10H20N2O3/c1-2-3-9(10(13)12-11)15-7-8-4-5-14-6-8/h8-9H,2-7,11H2,1H3,(H,12,13). The number of rotatable bonds is 6. The van der Waals surface area contributed by atoms with E-state index in [2.05, 4.69) is 5.43 Å². The summed E-state index contributed by atoms with van der Waals surface area (Å²) in [7, 11) is 0. The van der Waals surface area contributed by atoms with Gasteiger partial charge in [0.05, 0.1) is 13.2 Å². The highest BCUT2D eigenvalue weighted by atomic mass is 16.5. The summed E-state index contributed by atoms with van der Waals surface area (Å²) in [5.74, 6) is 5.27. The van der Waals surface area contributed by atoms with Crippen molar-refractivity contribution in [3.63, 3.8) is 0 Å². The fourth-order valence-electron chi connectivity index (χ4n) is 1.61. The molecule has 0 aromatic rings. The molecule has 0 aromatic heterocycles. The van der Waals surface area contributed by atoms with Crippen molar-refractivity contribution in [3.05, 3.63) is 0 Å². The summed E-state index contributed by atoms with van der Waals surface area (Å²) < 4.78 is 10.8. The van der Waals surface area contributed by atoms with Gasteiger partial charge in [0.15, 0.2) is 0 Å². The molecule has 3 N–H and O–H groups in total. The topological polar surface area (TPSA) is 73.6 Å². The summed E-state index contributed by atoms with van der Waals surface area (Å²) in [6, 6.07) is 0. The normalized spacial score (nSPS) is 22.7. The molecule has 2 unspecified atom stereocenters. The number of nitrogens with two attached hydrogens (primary N) is 1. The van der Waals surface area contributed by atoms with Crippen LogP contribution in [0.25, 0.3) is 0 Å². The van der Waals surface area contributed by atoms with Crippen molar-refractivity contribution in [3.8, 4) is 0 Å². The second kappa shape index (κ2) is 6.76. The minimum absolute atomic E-state index is 0.240. The number of ether oxygens (including phenoxy) is 2. The first-order valence-electron chi connectivity index (χ1n) is 5.47. The molecule has 5 nitrogen and oxygen atoms in total. The summed E-state index contributed by atoms with van der Waals surface area (Å²) in [5.41, 5.74) is 2.13. The Kier molecular flexibility index (Phi) is 5.60. The van der Waals surface area contributed by atoms with E-state index in [1.165, 1.54) is 0 Å². The predicted octanol–water partition coefficient (Wildman–Crippen LogP) is 0.198. The number of hydrogen-bond acceptors (Lipinski definition) is 4. The number of hydrazine groups is 1. The average Bonchev–Trinajstić information content (AvgIpc) is 2.76. The SMILES string of the molecule is CCCC(OCC1CCOC1)C(=O)NN. The number of nitrogens with one attached hydrogen (secondary N) is 1. The van der Waals surface area contributed by atoms with E-state index in [1.807, 2.05) is 6.92 Å². The van der Waals surface area contributed by atoms with Gasteiger partial charge in [0.25, 0.3) is 5.91 Å². The molecule has 5 heteroatoms. The van der Waals surface area contributed by atoms with Crippen molar-refractivity contribution < 1.29 is 14.3 Å². The lowest BCUT2D eigenvalue weighted by Gasteiger charge is -2.17. The van der Waals surface area contributed by atoms with Crippen LogP contribution in [0.4, 0.5) is 0 Å². The highest BCUT2D eigenvalue weighted by Gasteiger charge is 2.21. The molecule has 0 aromatic carbocycles. The van der Waals surface area contributed by atoms with E-state index in [1.54, 1.807) is 0 Å². The molecule has 0 aliphatic carbocycles. The van der Waals surface area contributed by atoms with Gasteiger partial charge in [-0.25, -0.2) is 5.84 Å². The van der Waals surface area contributed by atoms with Crippen LogP contribution in [-0.4, -0.2) is 31.8 Å². The van der Waals surface area contributed by atoms with Crippen molar-refractivity contribution in [2.45, 2.75) is 32.3 Å². The molecule has 88 valence electrons. The van der Waals surface area contributed by atoms with Crippen LogP contribution in [0.3, 0.4) is 0 Å². The van der Waals surface area contributed by atoms with Crippen molar-refractivity contribution in [1.82, 2.24) is 5.43 Å². The van der Waals surface area contributed by atoms with Crippen LogP contribution in [0.2, 0.25) is 0 Å². The largest absolute Gasteiger partial charge is 0.381 e. The van der Waals surface area contributed by atoms with Gasteiger partial charge >= 0.3 is 0 Å². The van der Waals surface area contributed by atoms with Crippen LogP contribution in [0.5, 0.6) is 0 Å². The van der Waals surface area contributed by atoms with E-state index in [9.17, 15) is 4.79 Å². The summed E-state index contributed by atoms with van der Waals surface area (Å²) in [5, 5.41) is 0. The average molecular weight is 216 g/mol. The van der Waals surface area contributed by atoms with Crippen LogP contribution in [-0.2, 0) is 14.3 Å². The van der Waals surface area contributed by atoms with Crippen LogP contribution < -0.4 is 11.3 Å². The molecule has 0 bridgehead atoms. The zero-order valence-corrected chi connectivity index (χ0v) is 9.20. The molecule has 1 aliphatic heterocycles. The van der Waals surface area contributed by atoms with E-state index < -0.39 is 6.10 Å². The fourth-order valence-corrected chi connectivity index (χ4v) is 1.61. The molecule has 0 radical (unpaired) electrons. The third-order valence-electron chi connectivity index (χ3n) is 2.54. The monoisotopic (exact) mass is 216 g/mol. The lowest BCUT2D eigenvalue weighted by Crippen LogP contribution is -2.41. The van der Waals surface area contributed by atoms with Gasteiger partial charge in [-0.1, -0.05) is 13.3 Å². The Balaban J connectivity index is 2.26. The molecule has 1 saturated heterocycles. The minimum Gasteiger partial charge on any atom is -0.381 e. The predicted molar refractivity (Wildman–Crippen MR) is 55.9 cm³/mol. The summed E-state index contributed by atoms with van der Waals surface area (Å²) in [6.07, 6.45) is 2.21. The van der Waals surface area contributed by atoms with Crippen molar-refractivity contribution >= 4 is 5.91 Å². The molecule has 1 amide bonds. The third kappa shape index (κ3) is 4.15. The van der Waals surface area contributed by atoms with E-state index in [-0.39, 0.29) is 5.91 Å². The maximum Gasteiger partial charge on any atom is 0.262 e. The number of hydrogen-bond donors (Lipinski definition) is 2. The van der Waals surface area contributed by atoms with Gasteiger partial charge in [0.2, 0.25) is 0 Å². The summed E-state index contributed by atoms with van der Waals surface area (Å²) in [4.78, 5) is 11.3. The maximum absolute atomic E-state index is 11.3. The molecule has 0 saturated carbocycles. The Bertz CT molecular complexity index is 193. The first kappa shape index (κ1) is 12.4. The molecule has 1 heterocycles. The number of carbonyl (C=O) groups excluding carboxylic acids is 1. The molecule has 1 rings (SSSR count). The maximum atomic E-state index is 11.3. The van der Waals surface area contributed by atoms with E-state index in [4.69, 9.17) is 15.3 Å². The van der Waals surface area contributed by atoms with Crippen LogP contribution in [0, 0.1) is 5.92 Å². The minimum atomic E-state index is -0.416. The van der Waals surface area contributed by atoms with E-state index in [0.29, 0.717) is 18.9 Å². The van der Waals surface area contributed by atoms with Gasteiger partial charge in [0, 0.05) is 12.5 Å². The lowest BCUT2D eigenvalue weighted by molar-refractivity contribution is -0.134. The van der Waals surface area contributed by atoms with Gasteiger partial charge in [0.1, 0.15) is 6.10 Å². The Morgan fingerprint density at radius 3 is 3.07 bits per heavy atom. The number of carbonyl (C=O) groups is 1. The Hall–Kier alpha value is -0.650. The molecule has 2 atom stereocenters. The van der Waals surface area contributed by atoms with E-state index >= 15 is 0 Å². The molecule has 1 fully saturated rings. The van der Waals surface area contributed by atoms with Gasteiger partial charge < -0.3 is 9.47 Å². The third-order valence-corrected chi connectivity index (χ3v) is 2.54. The van der Waals surface area contributed by atoms with Crippen molar-refractivity contribution in [2.24, 2.45) is 11.8 Å². The Morgan fingerprint density at radius 2 is 2.53 bits per heavy atom. The highest BCUT2D eigenvalue weighted by molar-refractivity contribution is 5.80. The first-order chi connectivity index (χ1) is 7.27. The molecule has 1 aliphatic rings. The van der Waals surface area contributed by atoms with Crippen LogP contribution in [0.15, 0.2) is 0 Å². The smallest absolute Gasteiger partial charge is 0.262 e. The highest BCUT2D eigenvalue weighted by Crippen LogP contribution is 2.14. The second-order valence-electron chi connectivity index (χ2n) is 3.85. The van der Waals surface area contributed by atoms with Crippen LogP contribution in [0.1, 0.15) is 26.2 Å². The van der Waals surface area contributed by atoms with Crippen molar-refractivity contribution in [1.29, 1.82) is 0 Å². The van der Waals surface area contributed by atoms with Gasteiger partial charge in [-0.3, -0.25) is 10.2 Å². The van der Waals surface area contributed by atoms with Crippen LogP contribution >= 0.6 is 0 Å². The zero-order valence-electron chi connectivity index (χ0n) is 9.20. The quantitative estimate of drug-likeness (QED) is 0.378. The van der Waals surface area contributed by atoms with Gasteiger partial charge in [-0.2, -0.15) is 0 Å². The molecule has 0 spiro atoms. The number of amides is 1. The Morgan fingerprint density at radius 1 is 1.73 bits per heavy atom. The molecular weight excluding hydrogens is 196 g/mol. The summed E-state index contributed by atoms with van der Waals surface area (Å²) >= 11 is 0. The fraction of sp³-hybridized carbons (Fsp3) is 0.900. The van der Waals surface area contributed by atoms with E-state index in [0.717, 1.165) is 26.1 Å². The van der Waals surface area contributed by atoms with Crippen molar-refractivity contribution in [2.75, 3.05) is 19.8 Å². The Labute approximate surface area is 90.3 Å². The summed E-state index contributed by atoms with van der Waals surface area (Å²) in [6.45, 7) is 4.13. The van der Waals surface area contributed by atoms with Gasteiger partial charge in [-0.05, 0) is 12.8 Å². The first-order valence-corrected chi connectivity index (χ1v) is 5.47.